The molecule has 1 heterocycles. The van der Waals surface area contributed by atoms with Crippen LogP contribution in [0.15, 0.2) is 30.5 Å². The first-order valence-corrected chi connectivity index (χ1v) is 5.89. The zero-order valence-corrected chi connectivity index (χ0v) is 11.1. The fraction of sp³-hybridized carbons (Fsp3) is 0.286. The Morgan fingerprint density at radius 2 is 2.05 bits per heavy atom. The molecule has 0 radical (unpaired) electrons. The van der Waals surface area contributed by atoms with E-state index >= 15 is 0 Å². The van der Waals surface area contributed by atoms with Gasteiger partial charge in [-0.15, -0.1) is 0 Å². The van der Waals surface area contributed by atoms with Crippen molar-refractivity contribution >= 4 is 22.6 Å². The SMILES string of the molecule is COc1cccc2c(NC(C)(C)C(=O)O)nccc12. The number of methoxy groups -OCH3 is 1. The van der Waals surface area contributed by atoms with Crippen molar-refractivity contribution in [3.63, 3.8) is 0 Å². The number of carboxylic acid groups (broad SMARTS) is 1. The van der Waals surface area contributed by atoms with E-state index in [1.54, 1.807) is 27.2 Å². The van der Waals surface area contributed by atoms with Gasteiger partial charge in [0, 0.05) is 17.0 Å². The number of hydrogen-bond donors (Lipinski definition) is 2. The minimum Gasteiger partial charge on any atom is -0.496 e. The molecule has 0 saturated carbocycles. The normalized spacial score (nSPS) is 11.3. The Kier molecular flexibility index (Phi) is 3.29. The van der Waals surface area contributed by atoms with E-state index < -0.39 is 11.5 Å². The molecular weight excluding hydrogens is 244 g/mol. The van der Waals surface area contributed by atoms with Crippen molar-refractivity contribution in [3.05, 3.63) is 30.5 Å². The van der Waals surface area contributed by atoms with Crippen molar-refractivity contribution in [1.82, 2.24) is 4.98 Å². The van der Waals surface area contributed by atoms with Crippen LogP contribution < -0.4 is 10.1 Å². The lowest BCUT2D eigenvalue weighted by atomic mass is 10.1. The van der Waals surface area contributed by atoms with Crippen molar-refractivity contribution in [2.24, 2.45) is 0 Å². The number of aromatic nitrogens is 1. The number of aliphatic carboxylic acids is 1. The Morgan fingerprint density at radius 1 is 1.32 bits per heavy atom. The Balaban J connectivity index is 2.53. The van der Waals surface area contributed by atoms with Gasteiger partial charge in [-0.2, -0.15) is 0 Å². The van der Waals surface area contributed by atoms with E-state index in [9.17, 15) is 4.79 Å². The van der Waals surface area contributed by atoms with E-state index in [1.165, 1.54) is 0 Å². The maximum Gasteiger partial charge on any atom is 0.328 e. The molecule has 2 aromatic rings. The number of rotatable bonds is 4. The quantitative estimate of drug-likeness (QED) is 0.883. The molecule has 0 saturated heterocycles. The molecule has 0 fully saturated rings. The first kappa shape index (κ1) is 13.1. The number of nitrogens with one attached hydrogen (secondary N) is 1. The Bertz CT molecular complexity index is 623. The molecule has 0 aliphatic rings. The van der Waals surface area contributed by atoms with Crippen LogP contribution >= 0.6 is 0 Å². The lowest BCUT2D eigenvalue weighted by molar-refractivity contribution is -0.141. The van der Waals surface area contributed by atoms with E-state index in [0.29, 0.717) is 5.82 Å². The number of ether oxygens (including phenoxy) is 1. The van der Waals surface area contributed by atoms with Crippen molar-refractivity contribution in [2.45, 2.75) is 19.4 Å². The highest BCUT2D eigenvalue weighted by molar-refractivity contribution is 5.97. The molecule has 0 amide bonds. The molecule has 1 aromatic carbocycles. The van der Waals surface area contributed by atoms with Gasteiger partial charge in [-0.05, 0) is 26.0 Å². The molecule has 0 aliphatic heterocycles. The summed E-state index contributed by atoms with van der Waals surface area (Å²) in [6.45, 7) is 3.19. The van der Waals surface area contributed by atoms with Gasteiger partial charge in [0.05, 0.1) is 7.11 Å². The smallest absolute Gasteiger partial charge is 0.328 e. The lowest BCUT2D eigenvalue weighted by Crippen LogP contribution is -2.40. The van der Waals surface area contributed by atoms with E-state index in [0.717, 1.165) is 16.5 Å². The molecule has 0 unspecified atom stereocenters. The van der Waals surface area contributed by atoms with Gasteiger partial charge < -0.3 is 15.2 Å². The van der Waals surface area contributed by atoms with Gasteiger partial charge in [0.1, 0.15) is 17.1 Å². The molecule has 0 bridgehead atoms. The minimum absolute atomic E-state index is 0.531. The van der Waals surface area contributed by atoms with E-state index in [1.807, 2.05) is 24.3 Å². The lowest BCUT2D eigenvalue weighted by Gasteiger charge is -2.22. The number of carboxylic acids is 1. The molecular formula is C14H16N2O3. The van der Waals surface area contributed by atoms with Crippen LogP contribution in [0.1, 0.15) is 13.8 Å². The minimum atomic E-state index is -1.09. The number of benzene rings is 1. The third-order valence-corrected chi connectivity index (χ3v) is 2.95. The highest BCUT2D eigenvalue weighted by Gasteiger charge is 2.27. The summed E-state index contributed by atoms with van der Waals surface area (Å²) >= 11 is 0. The molecule has 1 aromatic heterocycles. The molecule has 100 valence electrons. The number of anilines is 1. The summed E-state index contributed by atoms with van der Waals surface area (Å²) in [5.74, 6) is 0.328. The molecule has 5 heteroatoms. The van der Waals surface area contributed by atoms with Gasteiger partial charge in [0.15, 0.2) is 0 Å². The number of nitrogens with zero attached hydrogens (tertiary/aromatic N) is 1. The molecule has 2 rings (SSSR count). The van der Waals surface area contributed by atoms with Crippen LogP contribution in [0.3, 0.4) is 0 Å². The van der Waals surface area contributed by atoms with Crippen molar-refractivity contribution in [2.75, 3.05) is 12.4 Å². The van der Waals surface area contributed by atoms with Gasteiger partial charge in [0.25, 0.3) is 0 Å². The first-order valence-electron chi connectivity index (χ1n) is 5.89. The van der Waals surface area contributed by atoms with Crippen LogP contribution in [-0.4, -0.2) is 28.7 Å². The van der Waals surface area contributed by atoms with Crippen LogP contribution in [0.4, 0.5) is 5.82 Å². The van der Waals surface area contributed by atoms with E-state index in [4.69, 9.17) is 9.84 Å². The number of fused-ring (bicyclic) bond motifs is 1. The predicted molar refractivity (Wildman–Crippen MR) is 73.6 cm³/mol. The number of carbonyl (C=O) groups is 1. The molecule has 5 nitrogen and oxygen atoms in total. The number of pyridine rings is 1. The maximum atomic E-state index is 11.2. The highest BCUT2D eigenvalue weighted by atomic mass is 16.5. The molecule has 19 heavy (non-hydrogen) atoms. The fourth-order valence-corrected chi connectivity index (χ4v) is 1.81. The summed E-state index contributed by atoms with van der Waals surface area (Å²) in [7, 11) is 1.60. The van der Waals surface area contributed by atoms with Crippen LogP contribution in [0.2, 0.25) is 0 Å². The zero-order chi connectivity index (χ0) is 14.0. The summed E-state index contributed by atoms with van der Waals surface area (Å²) in [6, 6.07) is 7.43. The standard InChI is InChI=1S/C14H16N2O3/c1-14(2,13(17)18)16-12-10-5-4-6-11(19-3)9(10)7-8-15-12/h4-8H,1-3H3,(H,15,16)(H,17,18). The van der Waals surface area contributed by atoms with Gasteiger partial charge in [0.2, 0.25) is 0 Å². The number of hydrogen-bond acceptors (Lipinski definition) is 4. The molecule has 2 N–H and O–H groups in total. The van der Waals surface area contributed by atoms with E-state index in [2.05, 4.69) is 10.3 Å². The Labute approximate surface area is 111 Å². The Hall–Kier alpha value is -2.30. The highest BCUT2D eigenvalue weighted by Crippen LogP contribution is 2.30. The summed E-state index contributed by atoms with van der Waals surface area (Å²) < 4.78 is 5.29. The summed E-state index contributed by atoms with van der Waals surface area (Å²) in [5.41, 5.74) is -1.09. The van der Waals surface area contributed by atoms with E-state index in [-0.39, 0.29) is 0 Å². The fourth-order valence-electron chi connectivity index (χ4n) is 1.81. The van der Waals surface area contributed by atoms with Crippen LogP contribution in [0.25, 0.3) is 10.8 Å². The largest absolute Gasteiger partial charge is 0.496 e. The molecule has 0 atom stereocenters. The Morgan fingerprint density at radius 3 is 2.68 bits per heavy atom. The third-order valence-electron chi connectivity index (χ3n) is 2.95. The van der Waals surface area contributed by atoms with Gasteiger partial charge in [-0.1, -0.05) is 12.1 Å². The summed E-state index contributed by atoms with van der Waals surface area (Å²) in [6.07, 6.45) is 1.63. The average molecular weight is 260 g/mol. The topological polar surface area (TPSA) is 71.5 Å². The second-order valence-corrected chi connectivity index (χ2v) is 4.77. The second kappa shape index (κ2) is 4.76. The monoisotopic (exact) mass is 260 g/mol. The molecule has 0 aliphatic carbocycles. The first-order chi connectivity index (χ1) is 8.95. The second-order valence-electron chi connectivity index (χ2n) is 4.77. The van der Waals surface area contributed by atoms with Crippen molar-refractivity contribution in [1.29, 1.82) is 0 Å². The van der Waals surface area contributed by atoms with Crippen LogP contribution in [0.5, 0.6) is 5.75 Å². The molecule has 0 spiro atoms. The average Bonchev–Trinajstić information content (AvgIpc) is 2.38. The van der Waals surface area contributed by atoms with Gasteiger partial charge in [-0.25, -0.2) is 9.78 Å². The zero-order valence-electron chi connectivity index (χ0n) is 11.1. The summed E-state index contributed by atoms with van der Waals surface area (Å²) in [5, 5.41) is 13.8. The van der Waals surface area contributed by atoms with Crippen molar-refractivity contribution in [3.8, 4) is 5.75 Å². The van der Waals surface area contributed by atoms with Gasteiger partial charge >= 0.3 is 5.97 Å². The predicted octanol–water partition coefficient (Wildman–Crippen LogP) is 2.52. The van der Waals surface area contributed by atoms with Gasteiger partial charge in [-0.3, -0.25) is 0 Å². The third kappa shape index (κ3) is 2.45. The van der Waals surface area contributed by atoms with Crippen LogP contribution in [-0.2, 0) is 4.79 Å². The van der Waals surface area contributed by atoms with Crippen LogP contribution in [0, 0.1) is 0 Å². The summed E-state index contributed by atoms with van der Waals surface area (Å²) in [4.78, 5) is 15.4. The van der Waals surface area contributed by atoms with Crippen molar-refractivity contribution < 1.29 is 14.6 Å². The maximum absolute atomic E-state index is 11.2.